The van der Waals surface area contributed by atoms with Gasteiger partial charge >= 0.3 is 0 Å². The largest absolute Gasteiger partial charge is 0.497 e. The van der Waals surface area contributed by atoms with Crippen LogP contribution in [0.3, 0.4) is 0 Å². The van der Waals surface area contributed by atoms with Crippen LogP contribution in [0.15, 0.2) is 42.5 Å². The maximum absolute atomic E-state index is 12.9. The van der Waals surface area contributed by atoms with E-state index in [-0.39, 0.29) is 12.5 Å². The zero-order valence-electron chi connectivity index (χ0n) is 16.9. The fourth-order valence-corrected chi connectivity index (χ4v) is 3.95. The molecule has 8 heteroatoms. The van der Waals surface area contributed by atoms with Crippen LogP contribution in [0.25, 0.3) is 11.4 Å². The van der Waals surface area contributed by atoms with E-state index in [1.807, 2.05) is 52.0 Å². The number of carbonyl (C=O) groups excluding carboxylic acids is 1. The van der Waals surface area contributed by atoms with Crippen LogP contribution in [0.1, 0.15) is 30.9 Å². The molecule has 1 amide bonds. The molecule has 2 aliphatic rings. The third-order valence-electron chi connectivity index (χ3n) is 5.66. The Bertz CT molecular complexity index is 1070. The van der Waals surface area contributed by atoms with E-state index < -0.39 is 0 Å². The molecule has 1 fully saturated rings. The molecule has 1 N–H and O–H groups in total. The first kappa shape index (κ1) is 18.6. The van der Waals surface area contributed by atoms with Gasteiger partial charge in [0.05, 0.1) is 19.7 Å². The number of ether oxygens (including phenoxy) is 1. The lowest BCUT2D eigenvalue weighted by Crippen LogP contribution is -2.39. The van der Waals surface area contributed by atoms with E-state index in [2.05, 4.69) is 20.8 Å². The van der Waals surface area contributed by atoms with Crippen molar-refractivity contribution in [1.82, 2.24) is 20.2 Å². The predicted octanol–water partition coefficient (Wildman–Crippen LogP) is 3.07. The summed E-state index contributed by atoms with van der Waals surface area (Å²) in [5.74, 6) is 1.65. The van der Waals surface area contributed by atoms with Crippen molar-refractivity contribution in [3.8, 4) is 17.1 Å². The Hall–Kier alpha value is -3.42. The monoisotopic (exact) mass is 404 g/mol. The van der Waals surface area contributed by atoms with Gasteiger partial charge < -0.3 is 15.0 Å². The molecule has 0 atom stereocenters. The minimum atomic E-state index is 0.0503. The van der Waals surface area contributed by atoms with Crippen molar-refractivity contribution < 1.29 is 9.53 Å². The van der Waals surface area contributed by atoms with Gasteiger partial charge in [0.25, 0.3) is 0 Å². The number of fused-ring (bicyclic) bond motifs is 1. The average Bonchev–Trinajstić information content (AvgIpc) is 3.52. The summed E-state index contributed by atoms with van der Waals surface area (Å²) in [6, 6.07) is 14.2. The van der Waals surface area contributed by atoms with E-state index in [1.54, 1.807) is 7.11 Å². The quantitative estimate of drug-likeness (QED) is 0.680. The molecular formula is C22H24N6O2. The summed E-state index contributed by atoms with van der Waals surface area (Å²) in [4.78, 5) is 14.8. The molecule has 2 aromatic carbocycles. The summed E-state index contributed by atoms with van der Waals surface area (Å²) in [6.45, 7) is 0.957. The molecular weight excluding hydrogens is 380 g/mol. The molecule has 2 heterocycles. The lowest BCUT2D eigenvalue weighted by atomic mass is 10.0. The number of benzene rings is 2. The molecule has 0 unspecified atom stereocenters. The van der Waals surface area contributed by atoms with Gasteiger partial charge in [-0.1, -0.05) is 12.1 Å². The number of nitrogens with zero attached hydrogens (tertiary/aromatic N) is 5. The normalized spacial score (nSPS) is 15.6. The van der Waals surface area contributed by atoms with Gasteiger partial charge in [-0.05, 0) is 72.0 Å². The molecule has 1 aliphatic carbocycles. The Morgan fingerprint density at radius 1 is 1.23 bits per heavy atom. The predicted molar refractivity (Wildman–Crippen MR) is 114 cm³/mol. The number of hydrogen-bond acceptors (Lipinski definition) is 6. The first-order valence-corrected chi connectivity index (χ1v) is 10.3. The molecule has 8 nitrogen and oxygen atoms in total. The minimum absolute atomic E-state index is 0.0503. The Morgan fingerprint density at radius 3 is 2.97 bits per heavy atom. The average molecular weight is 404 g/mol. The Kier molecular flexibility index (Phi) is 4.82. The molecule has 5 rings (SSSR count). The Balaban J connectivity index is 1.29. The molecule has 3 aromatic rings. The molecule has 1 saturated carbocycles. The number of hydrogen-bond donors (Lipinski definition) is 1. The molecule has 30 heavy (non-hydrogen) atoms. The molecule has 1 aromatic heterocycles. The van der Waals surface area contributed by atoms with Gasteiger partial charge in [0.1, 0.15) is 5.75 Å². The summed E-state index contributed by atoms with van der Waals surface area (Å²) in [5, 5.41) is 15.4. The second-order valence-electron chi connectivity index (χ2n) is 7.76. The van der Waals surface area contributed by atoms with E-state index >= 15 is 0 Å². The number of nitrogens with one attached hydrogen (secondary N) is 1. The molecule has 0 radical (unpaired) electrons. The van der Waals surface area contributed by atoms with Crippen molar-refractivity contribution in [2.24, 2.45) is 0 Å². The van der Waals surface area contributed by atoms with E-state index in [4.69, 9.17) is 4.74 Å². The van der Waals surface area contributed by atoms with Crippen LogP contribution in [-0.2, 0) is 11.2 Å². The topological polar surface area (TPSA) is 85.2 Å². The van der Waals surface area contributed by atoms with E-state index in [1.165, 1.54) is 0 Å². The van der Waals surface area contributed by atoms with E-state index in [0.29, 0.717) is 6.04 Å². The van der Waals surface area contributed by atoms with Crippen molar-refractivity contribution in [3.05, 3.63) is 48.0 Å². The highest BCUT2D eigenvalue weighted by molar-refractivity contribution is 5.97. The molecule has 1 aliphatic heterocycles. The van der Waals surface area contributed by atoms with Crippen molar-refractivity contribution >= 4 is 17.3 Å². The van der Waals surface area contributed by atoms with E-state index in [0.717, 1.165) is 66.3 Å². The van der Waals surface area contributed by atoms with Gasteiger partial charge in [0.15, 0.2) is 5.82 Å². The molecule has 154 valence electrons. The van der Waals surface area contributed by atoms with Crippen molar-refractivity contribution in [1.29, 1.82) is 0 Å². The fraction of sp³-hybridized carbons (Fsp3) is 0.364. The lowest BCUT2D eigenvalue weighted by molar-refractivity contribution is -0.117. The number of anilines is 2. The smallest absolute Gasteiger partial charge is 0.246 e. The van der Waals surface area contributed by atoms with Gasteiger partial charge in [-0.15, -0.1) is 5.10 Å². The number of amides is 1. The number of rotatable bonds is 6. The molecule has 0 saturated heterocycles. The van der Waals surface area contributed by atoms with Gasteiger partial charge in [-0.25, -0.2) is 4.68 Å². The Labute approximate surface area is 174 Å². The van der Waals surface area contributed by atoms with Crippen LogP contribution in [0.2, 0.25) is 0 Å². The van der Waals surface area contributed by atoms with Crippen LogP contribution in [0, 0.1) is 0 Å². The summed E-state index contributed by atoms with van der Waals surface area (Å²) in [6.07, 6.45) is 4.15. The number of tetrazole rings is 1. The highest BCUT2D eigenvalue weighted by atomic mass is 16.5. The van der Waals surface area contributed by atoms with Crippen LogP contribution in [-0.4, -0.2) is 46.3 Å². The Morgan fingerprint density at radius 2 is 2.13 bits per heavy atom. The number of aryl methyl sites for hydroxylation is 1. The minimum Gasteiger partial charge on any atom is -0.497 e. The summed E-state index contributed by atoms with van der Waals surface area (Å²) >= 11 is 0. The summed E-state index contributed by atoms with van der Waals surface area (Å²) in [7, 11) is 1.66. The van der Waals surface area contributed by atoms with Crippen LogP contribution in [0.5, 0.6) is 5.75 Å². The van der Waals surface area contributed by atoms with Gasteiger partial charge in [0.2, 0.25) is 5.91 Å². The third kappa shape index (κ3) is 3.60. The van der Waals surface area contributed by atoms with Gasteiger partial charge in [-0.2, -0.15) is 0 Å². The van der Waals surface area contributed by atoms with Gasteiger partial charge in [0, 0.05) is 23.5 Å². The van der Waals surface area contributed by atoms with Gasteiger partial charge in [-0.3, -0.25) is 4.79 Å². The maximum Gasteiger partial charge on any atom is 0.246 e. The lowest BCUT2D eigenvalue weighted by Gasteiger charge is -2.30. The van der Waals surface area contributed by atoms with Crippen molar-refractivity contribution in [2.45, 2.75) is 31.7 Å². The zero-order valence-corrected chi connectivity index (χ0v) is 16.9. The zero-order chi connectivity index (χ0) is 20.5. The molecule has 0 bridgehead atoms. The summed E-state index contributed by atoms with van der Waals surface area (Å²) < 4.78 is 7.21. The van der Waals surface area contributed by atoms with Crippen molar-refractivity contribution in [2.75, 3.05) is 30.4 Å². The second kappa shape index (κ2) is 7.78. The van der Waals surface area contributed by atoms with Crippen LogP contribution in [0.4, 0.5) is 11.4 Å². The first-order chi connectivity index (χ1) is 14.7. The number of carbonyl (C=O) groups is 1. The first-order valence-electron chi connectivity index (χ1n) is 10.3. The molecule has 0 spiro atoms. The SMILES string of the molecule is COc1ccc2c(c1)CCCN2C(=O)CNc1cccc(-c2nnnn2C2CC2)c1. The van der Waals surface area contributed by atoms with E-state index in [9.17, 15) is 4.79 Å². The number of aromatic nitrogens is 4. The highest BCUT2D eigenvalue weighted by Gasteiger charge is 2.28. The summed E-state index contributed by atoms with van der Waals surface area (Å²) in [5.41, 5.74) is 3.95. The third-order valence-corrected chi connectivity index (χ3v) is 5.66. The fourth-order valence-electron chi connectivity index (χ4n) is 3.95. The standard InChI is InChI=1S/C22H24N6O2/c1-30-19-9-10-20-15(13-19)5-3-11-27(20)21(29)14-23-17-6-2-4-16(12-17)22-24-25-26-28(22)18-7-8-18/h2,4,6,9-10,12-13,18,23H,3,5,7-8,11,14H2,1H3. The maximum atomic E-state index is 12.9. The van der Waals surface area contributed by atoms with Crippen LogP contribution >= 0.6 is 0 Å². The van der Waals surface area contributed by atoms with Crippen LogP contribution < -0.4 is 15.0 Å². The number of methoxy groups -OCH3 is 1. The highest BCUT2D eigenvalue weighted by Crippen LogP contribution is 2.37. The second-order valence-corrected chi connectivity index (χ2v) is 7.76. The van der Waals surface area contributed by atoms with Crippen molar-refractivity contribution in [3.63, 3.8) is 0 Å².